The number of ether oxygens (including phenoxy) is 1. The topological polar surface area (TPSA) is 26.3 Å². The van der Waals surface area contributed by atoms with Crippen molar-refractivity contribution in [2.75, 3.05) is 12.4 Å². The number of rotatable bonds is 7. The minimum absolute atomic E-state index is 0.175. The van der Waals surface area contributed by atoms with Crippen LogP contribution >= 0.6 is 11.8 Å². The lowest BCUT2D eigenvalue weighted by Gasteiger charge is -2.04. The summed E-state index contributed by atoms with van der Waals surface area (Å²) >= 11 is 1.48. The van der Waals surface area contributed by atoms with Gasteiger partial charge in [-0.15, -0.1) is 11.8 Å². The van der Waals surface area contributed by atoms with Gasteiger partial charge >= 0.3 is 5.97 Å². The van der Waals surface area contributed by atoms with Gasteiger partial charge in [0.05, 0.1) is 12.4 Å². The molecule has 0 N–H and O–H groups in total. The van der Waals surface area contributed by atoms with E-state index in [4.69, 9.17) is 4.74 Å². The first-order chi connectivity index (χ1) is 8.22. The largest absolute Gasteiger partial charge is 0.465 e. The molecule has 0 amide bonds. The van der Waals surface area contributed by atoms with E-state index in [1.807, 2.05) is 0 Å². The van der Waals surface area contributed by atoms with Crippen molar-refractivity contribution in [2.24, 2.45) is 0 Å². The SMILES string of the molecule is CCCCOC(=O)CSCc1ccc(F)cc1. The molecule has 1 rings (SSSR count). The fraction of sp³-hybridized carbons (Fsp3) is 0.462. The van der Waals surface area contributed by atoms with Crippen LogP contribution in [0.25, 0.3) is 0 Å². The number of esters is 1. The molecule has 0 heterocycles. The van der Waals surface area contributed by atoms with Gasteiger partial charge in [-0.2, -0.15) is 0 Å². The van der Waals surface area contributed by atoms with E-state index in [0.717, 1.165) is 18.4 Å². The second kappa shape index (κ2) is 8.12. The van der Waals surface area contributed by atoms with Gasteiger partial charge in [0, 0.05) is 5.75 Å². The Hall–Kier alpha value is -1.03. The Balaban J connectivity index is 2.14. The number of carbonyl (C=O) groups excluding carboxylic acids is 1. The average Bonchev–Trinajstić information content (AvgIpc) is 2.32. The van der Waals surface area contributed by atoms with Crippen LogP contribution in [0.4, 0.5) is 4.39 Å². The van der Waals surface area contributed by atoms with Crippen molar-refractivity contribution in [3.8, 4) is 0 Å². The number of thioether (sulfide) groups is 1. The van der Waals surface area contributed by atoms with E-state index in [9.17, 15) is 9.18 Å². The smallest absolute Gasteiger partial charge is 0.315 e. The molecule has 0 radical (unpaired) electrons. The van der Waals surface area contributed by atoms with Crippen LogP contribution < -0.4 is 0 Å². The van der Waals surface area contributed by atoms with Gasteiger partial charge in [-0.25, -0.2) is 4.39 Å². The third kappa shape index (κ3) is 6.31. The molecule has 0 spiro atoms. The summed E-state index contributed by atoms with van der Waals surface area (Å²) in [5.74, 6) is 0.632. The molecule has 0 saturated carbocycles. The van der Waals surface area contributed by atoms with Crippen LogP contribution in [-0.2, 0) is 15.3 Å². The third-order valence-electron chi connectivity index (χ3n) is 2.16. The van der Waals surface area contributed by atoms with E-state index in [2.05, 4.69) is 6.92 Å². The predicted molar refractivity (Wildman–Crippen MR) is 68.4 cm³/mol. The molecular weight excluding hydrogens is 239 g/mol. The highest BCUT2D eigenvalue weighted by molar-refractivity contribution is 7.99. The Labute approximate surface area is 106 Å². The number of carbonyl (C=O) groups is 1. The van der Waals surface area contributed by atoms with Gasteiger partial charge in [-0.05, 0) is 24.1 Å². The molecule has 0 bridgehead atoms. The first kappa shape index (κ1) is 14.0. The molecule has 0 aliphatic rings. The maximum Gasteiger partial charge on any atom is 0.315 e. The maximum absolute atomic E-state index is 12.6. The summed E-state index contributed by atoms with van der Waals surface area (Å²) in [5.41, 5.74) is 1.01. The minimum Gasteiger partial charge on any atom is -0.465 e. The molecule has 0 fully saturated rings. The summed E-state index contributed by atoms with van der Waals surface area (Å²) in [7, 11) is 0. The van der Waals surface area contributed by atoms with E-state index < -0.39 is 0 Å². The summed E-state index contributed by atoms with van der Waals surface area (Å²) in [6.07, 6.45) is 1.93. The second-order valence-corrected chi connectivity index (χ2v) is 4.68. The Bertz CT molecular complexity index is 338. The first-order valence-electron chi connectivity index (χ1n) is 5.70. The van der Waals surface area contributed by atoms with Crippen LogP contribution in [0.5, 0.6) is 0 Å². The lowest BCUT2D eigenvalue weighted by atomic mass is 10.2. The van der Waals surface area contributed by atoms with Crippen LogP contribution in [0.2, 0.25) is 0 Å². The Kier molecular flexibility index (Phi) is 6.70. The van der Waals surface area contributed by atoms with Gasteiger partial charge in [0.15, 0.2) is 0 Å². The Morgan fingerprint density at radius 3 is 2.71 bits per heavy atom. The molecule has 0 saturated heterocycles. The normalized spacial score (nSPS) is 10.2. The van der Waals surface area contributed by atoms with Gasteiger partial charge in [-0.1, -0.05) is 25.5 Å². The predicted octanol–water partition coefficient (Wildman–Crippen LogP) is 3.40. The van der Waals surface area contributed by atoms with E-state index >= 15 is 0 Å². The fourth-order valence-electron chi connectivity index (χ4n) is 1.20. The summed E-state index contributed by atoms with van der Waals surface area (Å²) in [4.78, 5) is 11.3. The van der Waals surface area contributed by atoms with Crippen molar-refractivity contribution in [1.82, 2.24) is 0 Å². The van der Waals surface area contributed by atoms with Crippen LogP contribution in [0.3, 0.4) is 0 Å². The quantitative estimate of drug-likeness (QED) is 0.552. The number of hydrogen-bond donors (Lipinski definition) is 0. The second-order valence-electron chi connectivity index (χ2n) is 3.69. The van der Waals surface area contributed by atoms with Crippen molar-refractivity contribution < 1.29 is 13.9 Å². The molecule has 0 aliphatic carbocycles. The zero-order chi connectivity index (χ0) is 12.5. The zero-order valence-corrected chi connectivity index (χ0v) is 10.8. The zero-order valence-electron chi connectivity index (χ0n) is 9.95. The van der Waals surface area contributed by atoms with Crippen LogP contribution in [0.1, 0.15) is 25.3 Å². The Morgan fingerprint density at radius 2 is 2.06 bits per heavy atom. The highest BCUT2D eigenvalue weighted by Gasteiger charge is 2.03. The maximum atomic E-state index is 12.6. The molecule has 0 unspecified atom stereocenters. The molecule has 1 aromatic carbocycles. The highest BCUT2D eigenvalue weighted by Crippen LogP contribution is 2.12. The summed E-state index contributed by atoms with van der Waals surface area (Å²) in [6.45, 7) is 2.56. The van der Waals surface area contributed by atoms with Gasteiger partial charge in [-0.3, -0.25) is 4.79 Å². The van der Waals surface area contributed by atoms with Crippen LogP contribution in [0.15, 0.2) is 24.3 Å². The van der Waals surface area contributed by atoms with Crippen molar-refractivity contribution in [3.05, 3.63) is 35.6 Å². The van der Waals surface area contributed by atoms with Gasteiger partial charge in [0.1, 0.15) is 5.82 Å². The molecule has 0 atom stereocenters. The summed E-state index contributed by atoms with van der Waals surface area (Å²) < 4.78 is 17.6. The monoisotopic (exact) mass is 256 g/mol. The number of benzene rings is 1. The van der Waals surface area contributed by atoms with Gasteiger partial charge in [0.2, 0.25) is 0 Å². The van der Waals surface area contributed by atoms with E-state index in [-0.39, 0.29) is 11.8 Å². The van der Waals surface area contributed by atoms with Crippen LogP contribution in [-0.4, -0.2) is 18.3 Å². The summed E-state index contributed by atoms with van der Waals surface area (Å²) in [5, 5.41) is 0. The number of hydrogen-bond acceptors (Lipinski definition) is 3. The molecule has 2 nitrogen and oxygen atoms in total. The summed E-state index contributed by atoms with van der Waals surface area (Å²) in [6, 6.07) is 6.31. The number of halogens is 1. The van der Waals surface area contributed by atoms with Gasteiger partial charge < -0.3 is 4.74 Å². The first-order valence-corrected chi connectivity index (χ1v) is 6.85. The van der Waals surface area contributed by atoms with Crippen molar-refractivity contribution in [2.45, 2.75) is 25.5 Å². The van der Waals surface area contributed by atoms with Crippen LogP contribution in [0, 0.1) is 5.82 Å². The standard InChI is InChI=1S/C13H17FO2S/c1-2-3-8-16-13(15)10-17-9-11-4-6-12(14)7-5-11/h4-7H,2-3,8-10H2,1H3. The Morgan fingerprint density at radius 1 is 1.35 bits per heavy atom. The van der Waals surface area contributed by atoms with Crippen molar-refractivity contribution in [1.29, 1.82) is 0 Å². The fourth-order valence-corrected chi connectivity index (χ4v) is 1.99. The lowest BCUT2D eigenvalue weighted by Crippen LogP contribution is -2.08. The average molecular weight is 256 g/mol. The lowest BCUT2D eigenvalue weighted by molar-refractivity contribution is -0.140. The molecular formula is C13H17FO2S. The van der Waals surface area contributed by atoms with Gasteiger partial charge in [0.25, 0.3) is 0 Å². The molecule has 4 heteroatoms. The third-order valence-corrected chi connectivity index (χ3v) is 3.14. The minimum atomic E-state index is -0.238. The van der Waals surface area contributed by atoms with Crippen molar-refractivity contribution in [3.63, 3.8) is 0 Å². The molecule has 0 aromatic heterocycles. The van der Waals surface area contributed by atoms with E-state index in [0.29, 0.717) is 18.1 Å². The van der Waals surface area contributed by atoms with E-state index in [1.54, 1.807) is 12.1 Å². The number of unbranched alkanes of at least 4 members (excludes halogenated alkanes) is 1. The van der Waals surface area contributed by atoms with E-state index in [1.165, 1.54) is 23.9 Å². The molecule has 94 valence electrons. The highest BCUT2D eigenvalue weighted by atomic mass is 32.2. The van der Waals surface area contributed by atoms with Crippen molar-refractivity contribution >= 4 is 17.7 Å². The molecule has 0 aliphatic heterocycles. The molecule has 17 heavy (non-hydrogen) atoms. The molecule has 1 aromatic rings.